The van der Waals surface area contributed by atoms with E-state index in [0.29, 0.717) is 12.5 Å². The lowest BCUT2D eigenvalue weighted by molar-refractivity contribution is 0.0182. The van der Waals surface area contributed by atoms with Crippen molar-refractivity contribution in [2.24, 2.45) is 11.3 Å². The summed E-state index contributed by atoms with van der Waals surface area (Å²) in [5.41, 5.74) is -0.0427. The molecule has 2 atom stereocenters. The zero-order valence-electron chi connectivity index (χ0n) is 11.1. The van der Waals surface area contributed by atoms with Crippen molar-refractivity contribution in [3.05, 3.63) is 0 Å². The van der Waals surface area contributed by atoms with E-state index in [1.165, 1.54) is 0 Å². The minimum absolute atomic E-state index is 0.0427. The Bertz CT molecular complexity index is 260. The topological polar surface area (TPSA) is 60.8 Å². The smallest absolute Gasteiger partial charge is 0.407 e. The summed E-state index contributed by atoms with van der Waals surface area (Å²) < 4.78 is 0. The van der Waals surface area contributed by atoms with E-state index < -0.39 is 6.09 Å². The second-order valence-corrected chi connectivity index (χ2v) is 6.05. The number of rotatable bonds is 3. The van der Waals surface area contributed by atoms with Gasteiger partial charge in [0.05, 0.1) is 0 Å². The number of nitrogens with zero attached hydrogens (tertiary/aromatic N) is 1. The van der Waals surface area contributed by atoms with Gasteiger partial charge in [0.2, 0.25) is 0 Å². The summed E-state index contributed by atoms with van der Waals surface area (Å²) in [5.74, 6) is 0.381. The SMILES string of the molecule is CC(C)(C)[C@H]1C(CCCO)CCCN1C(=O)O. The molecular weight excluding hydrogens is 218 g/mol. The third kappa shape index (κ3) is 3.60. The molecule has 0 aromatic carbocycles. The van der Waals surface area contributed by atoms with E-state index in [9.17, 15) is 9.90 Å². The van der Waals surface area contributed by atoms with Gasteiger partial charge in [0.1, 0.15) is 0 Å². The van der Waals surface area contributed by atoms with Crippen molar-refractivity contribution in [3.63, 3.8) is 0 Å². The Balaban J connectivity index is 2.83. The summed E-state index contributed by atoms with van der Waals surface area (Å²) in [4.78, 5) is 12.9. The van der Waals surface area contributed by atoms with Crippen LogP contribution in [0.3, 0.4) is 0 Å². The monoisotopic (exact) mass is 243 g/mol. The molecule has 1 saturated heterocycles. The van der Waals surface area contributed by atoms with Gasteiger partial charge in [-0.3, -0.25) is 0 Å². The summed E-state index contributed by atoms with van der Waals surface area (Å²) in [5, 5.41) is 18.2. The van der Waals surface area contributed by atoms with Crippen LogP contribution in [0.2, 0.25) is 0 Å². The Kier molecular flexibility index (Phi) is 4.80. The molecule has 17 heavy (non-hydrogen) atoms. The number of hydrogen-bond acceptors (Lipinski definition) is 2. The van der Waals surface area contributed by atoms with E-state index >= 15 is 0 Å². The van der Waals surface area contributed by atoms with Gasteiger partial charge in [0.15, 0.2) is 0 Å². The number of aliphatic hydroxyl groups excluding tert-OH is 1. The van der Waals surface area contributed by atoms with Crippen LogP contribution in [0, 0.1) is 11.3 Å². The van der Waals surface area contributed by atoms with Gasteiger partial charge in [0, 0.05) is 19.2 Å². The average molecular weight is 243 g/mol. The van der Waals surface area contributed by atoms with Crippen LogP contribution in [0.25, 0.3) is 0 Å². The number of carboxylic acid groups (broad SMARTS) is 1. The zero-order chi connectivity index (χ0) is 13.1. The molecule has 0 spiro atoms. The third-order valence-electron chi connectivity index (χ3n) is 3.62. The molecule has 1 amide bonds. The maximum absolute atomic E-state index is 11.3. The Labute approximate surface area is 104 Å². The van der Waals surface area contributed by atoms with Gasteiger partial charge < -0.3 is 15.1 Å². The van der Waals surface area contributed by atoms with Gasteiger partial charge >= 0.3 is 6.09 Å². The summed E-state index contributed by atoms with van der Waals surface area (Å²) >= 11 is 0. The molecule has 2 N–H and O–H groups in total. The van der Waals surface area contributed by atoms with Gasteiger partial charge in [-0.15, -0.1) is 0 Å². The first kappa shape index (κ1) is 14.3. The van der Waals surface area contributed by atoms with Crippen LogP contribution in [0.15, 0.2) is 0 Å². The van der Waals surface area contributed by atoms with E-state index in [2.05, 4.69) is 20.8 Å². The highest BCUT2D eigenvalue weighted by Crippen LogP contribution is 2.38. The fraction of sp³-hybridized carbons (Fsp3) is 0.923. The molecule has 4 heteroatoms. The predicted molar refractivity (Wildman–Crippen MR) is 67.0 cm³/mol. The lowest BCUT2D eigenvalue weighted by Crippen LogP contribution is -2.54. The lowest BCUT2D eigenvalue weighted by Gasteiger charge is -2.47. The Morgan fingerprint density at radius 2 is 2.06 bits per heavy atom. The van der Waals surface area contributed by atoms with Crippen molar-refractivity contribution < 1.29 is 15.0 Å². The summed E-state index contributed by atoms with van der Waals surface area (Å²) in [6.45, 7) is 7.15. The highest BCUT2D eigenvalue weighted by molar-refractivity contribution is 5.65. The van der Waals surface area contributed by atoms with Crippen molar-refractivity contribution in [2.45, 2.75) is 52.5 Å². The van der Waals surface area contributed by atoms with Crippen molar-refractivity contribution in [2.75, 3.05) is 13.2 Å². The van der Waals surface area contributed by atoms with Crippen molar-refractivity contribution in [1.82, 2.24) is 4.90 Å². The summed E-state index contributed by atoms with van der Waals surface area (Å²) in [6.07, 6.45) is 2.90. The molecular formula is C13H25NO3. The first-order valence-corrected chi connectivity index (χ1v) is 6.48. The number of hydrogen-bond donors (Lipinski definition) is 2. The number of carbonyl (C=O) groups is 1. The fourth-order valence-corrected chi connectivity index (χ4v) is 3.12. The van der Waals surface area contributed by atoms with Gasteiger partial charge in [-0.2, -0.15) is 0 Å². The number of amides is 1. The van der Waals surface area contributed by atoms with Gasteiger partial charge in [-0.25, -0.2) is 4.79 Å². The predicted octanol–water partition coefficient (Wildman–Crippen LogP) is 2.56. The van der Waals surface area contributed by atoms with E-state index in [0.717, 1.165) is 25.7 Å². The van der Waals surface area contributed by atoms with Crippen molar-refractivity contribution >= 4 is 6.09 Å². The van der Waals surface area contributed by atoms with Crippen LogP contribution < -0.4 is 0 Å². The second-order valence-electron chi connectivity index (χ2n) is 6.05. The molecule has 1 fully saturated rings. The molecule has 1 aliphatic rings. The van der Waals surface area contributed by atoms with E-state index in [1.54, 1.807) is 4.90 Å². The van der Waals surface area contributed by atoms with Gasteiger partial charge in [-0.1, -0.05) is 20.8 Å². The average Bonchev–Trinajstić information content (AvgIpc) is 2.24. The Morgan fingerprint density at radius 3 is 2.53 bits per heavy atom. The van der Waals surface area contributed by atoms with Gasteiger partial charge in [0.25, 0.3) is 0 Å². The molecule has 1 heterocycles. The summed E-state index contributed by atoms with van der Waals surface area (Å²) in [7, 11) is 0. The Morgan fingerprint density at radius 1 is 1.41 bits per heavy atom. The first-order chi connectivity index (χ1) is 7.88. The maximum Gasteiger partial charge on any atom is 0.407 e. The quantitative estimate of drug-likeness (QED) is 0.801. The van der Waals surface area contributed by atoms with E-state index in [1.807, 2.05) is 0 Å². The maximum atomic E-state index is 11.3. The first-order valence-electron chi connectivity index (χ1n) is 6.48. The minimum Gasteiger partial charge on any atom is -0.465 e. The van der Waals surface area contributed by atoms with Crippen LogP contribution in [0.4, 0.5) is 4.79 Å². The molecule has 100 valence electrons. The molecule has 4 nitrogen and oxygen atoms in total. The minimum atomic E-state index is -0.807. The normalized spacial score (nSPS) is 26.0. The van der Waals surface area contributed by atoms with E-state index in [-0.39, 0.29) is 18.1 Å². The molecule has 1 aliphatic heterocycles. The second kappa shape index (κ2) is 5.71. The van der Waals surface area contributed by atoms with Crippen LogP contribution >= 0.6 is 0 Å². The highest BCUT2D eigenvalue weighted by Gasteiger charge is 2.41. The van der Waals surface area contributed by atoms with Crippen LogP contribution in [-0.4, -0.2) is 40.4 Å². The molecule has 0 aromatic heterocycles. The standard InChI is InChI=1S/C13H25NO3/c1-13(2,3)11-10(7-5-9-15)6-4-8-14(11)12(16)17/h10-11,15H,4-9H2,1-3H3,(H,16,17)/t10?,11-/m1/s1. The fourth-order valence-electron chi connectivity index (χ4n) is 3.12. The van der Waals surface area contributed by atoms with Crippen LogP contribution in [0.5, 0.6) is 0 Å². The Hall–Kier alpha value is -0.770. The van der Waals surface area contributed by atoms with E-state index in [4.69, 9.17) is 5.11 Å². The number of aliphatic hydroxyl groups is 1. The molecule has 0 aromatic rings. The van der Waals surface area contributed by atoms with Crippen LogP contribution in [-0.2, 0) is 0 Å². The largest absolute Gasteiger partial charge is 0.465 e. The molecule has 1 unspecified atom stereocenters. The molecule has 1 rings (SSSR count). The third-order valence-corrected chi connectivity index (χ3v) is 3.62. The molecule has 0 bridgehead atoms. The zero-order valence-corrected chi connectivity index (χ0v) is 11.1. The van der Waals surface area contributed by atoms with Crippen LogP contribution in [0.1, 0.15) is 46.5 Å². The summed E-state index contributed by atoms with van der Waals surface area (Å²) in [6, 6.07) is 0.0697. The lowest BCUT2D eigenvalue weighted by atomic mass is 9.72. The van der Waals surface area contributed by atoms with Crippen molar-refractivity contribution in [1.29, 1.82) is 0 Å². The van der Waals surface area contributed by atoms with Gasteiger partial charge in [-0.05, 0) is 37.0 Å². The molecule has 0 aliphatic carbocycles. The molecule has 0 radical (unpaired) electrons. The molecule has 0 saturated carbocycles. The number of likely N-dealkylation sites (tertiary alicyclic amines) is 1. The highest BCUT2D eigenvalue weighted by atomic mass is 16.4. The van der Waals surface area contributed by atoms with Crippen molar-refractivity contribution in [3.8, 4) is 0 Å². The number of piperidine rings is 1.